The van der Waals surface area contributed by atoms with Crippen LogP contribution in [-0.2, 0) is 11.2 Å². The molecule has 0 spiro atoms. The van der Waals surface area contributed by atoms with Crippen molar-refractivity contribution >= 4 is 5.78 Å². The molecular weight excluding hydrogens is 188 g/mol. The Hall–Kier alpha value is -1.31. The summed E-state index contributed by atoms with van der Waals surface area (Å²) in [5.41, 5.74) is 0.900. The number of carbonyl (C=O) groups excluding carboxylic acids is 1. The van der Waals surface area contributed by atoms with Gasteiger partial charge < -0.3 is 5.11 Å². The number of Topliss-reactive ketones (excluding diaryl/α,β-unsaturated/α-hetero) is 1. The molecule has 1 aromatic rings. The Morgan fingerprint density at radius 1 is 1.33 bits per heavy atom. The van der Waals surface area contributed by atoms with Crippen molar-refractivity contribution in [1.29, 1.82) is 0 Å². The van der Waals surface area contributed by atoms with Crippen LogP contribution in [0.2, 0.25) is 0 Å². The van der Waals surface area contributed by atoms with Gasteiger partial charge in [0.1, 0.15) is 11.5 Å². The van der Waals surface area contributed by atoms with Crippen molar-refractivity contribution in [1.82, 2.24) is 0 Å². The summed E-state index contributed by atoms with van der Waals surface area (Å²) in [7, 11) is 0. The highest BCUT2D eigenvalue weighted by Crippen LogP contribution is 2.12. The van der Waals surface area contributed by atoms with E-state index in [1.165, 1.54) is 0 Å². The van der Waals surface area contributed by atoms with Gasteiger partial charge in [0.2, 0.25) is 0 Å². The van der Waals surface area contributed by atoms with Crippen molar-refractivity contribution in [2.45, 2.75) is 39.0 Å². The molecule has 0 amide bonds. The second-order valence-electron chi connectivity index (χ2n) is 3.84. The lowest BCUT2D eigenvalue weighted by Gasteiger charge is -2.01. The van der Waals surface area contributed by atoms with Crippen LogP contribution in [0, 0.1) is 0 Å². The van der Waals surface area contributed by atoms with E-state index in [9.17, 15) is 9.90 Å². The number of benzene rings is 1. The van der Waals surface area contributed by atoms with Gasteiger partial charge in [-0.3, -0.25) is 4.79 Å². The van der Waals surface area contributed by atoms with Gasteiger partial charge in [-0.2, -0.15) is 0 Å². The van der Waals surface area contributed by atoms with Gasteiger partial charge in [-0.05, 0) is 24.1 Å². The Morgan fingerprint density at radius 2 is 2.13 bits per heavy atom. The predicted octanol–water partition coefficient (Wildman–Crippen LogP) is 3.08. The quantitative estimate of drug-likeness (QED) is 0.726. The molecule has 0 unspecified atom stereocenters. The lowest BCUT2D eigenvalue weighted by atomic mass is 10.0. The zero-order chi connectivity index (χ0) is 11.1. The standard InChI is InChI=1S/C13H18O2/c1-2-3-4-7-12(14)9-11-6-5-8-13(15)10-11/h5-6,8,10,15H,2-4,7,9H2,1H3. The van der Waals surface area contributed by atoms with E-state index in [0.717, 1.165) is 24.8 Å². The maximum Gasteiger partial charge on any atom is 0.137 e. The van der Waals surface area contributed by atoms with E-state index < -0.39 is 0 Å². The van der Waals surface area contributed by atoms with Gasteiger partial charge in [-0.15, -0.1) is 0 Å². The van der Waals surface area contributed by atoms with Crippen LogP contribution in [0.1, 0.15) is 38.2 Å². The third kappa shape index (κ3) is 4.63. The molecule has 0 aliphatic rings. The second-order valence-corrected chi connectivity index (χ2v) is 3.84. The molecule has 0 atom stereocenters. The summed E-state index contributed by atoms with van der Waals surface area (Å²) in [6, 6.07) is 6.91. The van der Waals surface area contributed by atoms with E-state index in [-0.39, 0.29) is 11.5 Å². The lowest BCUT2D eigenvalue weighted by molar-refractivity contribution is -0.118. The summed E-state index contributed by atoms with van der Waals surface area (Å²) in [6.45, 7) is 2.12. The van der Waals surface area contributed by atoms with Gasteiger partial charge in [0.25, 0.3) is 0 Å². The van der Waals surface area contributed by atoms with Crippen LogP contribution in [0.5, 0.6) is 5.75 Å². The first-order valence-corrected chi connectivity index (χ1v) is 5.52. The predicted molar refractivity (Wildman–Crippen MR) is 61.0 cm³/mol. The number of phenolic OH excluding ortho intramolecular Hbond substituents is 1. The first-order chi connectivity index (χ1) is 7.22. The molecule has 0 aromatic heterocycles. The third-order valence-electron chi connectivity index (χ3n) is 2.37. The van der Waals surface area contributed by atoms with E-state index in [4.69, 9.17) is 0 Å². The zero-order valence-corrected chi connectivity index (χ0v) is 9.20. The van der Waals surface area contributed by atoms with Crippen molar-refractivity contribution in [2.75, 3.05) is 0 Å². The Morgan fingerprint density at radius 3 is 2.80 bits per heavy atom. The van der Waals surface area contributed by atoms with Gasteiger partial charge in [0.15, 0.2) is 0 Å². The largest absolute Gasteiger partial charge is 0.508 e. The highest BCUT2D eigenvalue weighted by molar-refractivity contribution is 5.80. The molecular formula is C13H18O2. The van der Waals surface area contributed by atoms with E-state index >= 15 is 0 Å². The van der Waals surface area contributed by atoms with E-state index in [0.29, 0.717) is 12.8 Å². The lowest BCUT2D eigenvalue weighted by Crippen LogP contribution is -2.02. The first kappa shape index (κ1) is 11.8. The first-order valence-electron chi connectivity index (χ1n) is 5.52. The Balaban J connectivity index is 2.37. The normalized spacial score (nSPS) is 10.2. The summed E-state index contributed by atoms with van der Waals surface area (Å²) < 4.78 is 0. The fraction of sp³-hybridized carbons (Fsp3) is 0.462. The molecule has 2 nitrogen and oxygen atoms in total. The molecule has 0 saturated carbocycles. The van der Waals surface area contributed by atoms with Crippen molar-refractivity contribution in [2.24, 2.45) is 0 Å². The molecule has 0 aliphatic carbocycles. The minimum atomic E-state index is 0.230. The van der Waals surface area contributed by atoms with Crippen LogP contribution in [-0.4, -0.2) is 10.9 Å². The number of unbranched alkanes of at least 4 members (excludes halogenated alkanes) is 2. The van der Waals surface area contributed by atoms with E-state index in [2.05, 4.69) is 6.92 Å². The number of aromatic hydroxyl groups is 1. The highest BCUT2D eigenvalue weighted by Gasteiger charge is 2.03. The second kappa shape index (κ2) is 6.23. The molecule has 0 radical (unpaired) electrons. The van der Waals surface area contributed by atoms with Gasteiger partial charge in [-0.25, -0.2) is 0 Å². The maximum atomic E-state index is 11.5. The zero-order valence-electron chi connectivity index (χ0n) is 9.20. The SMILES string of the molecule is CCCCCC(=O)Cc1cccc(O)c1. The summed E-state index contributed by atoms with van der Waals surface area (Å²) in [4.78, 5) is 11.5. The van der Waals surface area contributed by atoms with E-state index in [1.807, 2.05) is 6.07 Å². The summed E-state index contributed by atoms with van der Waals surface area (Å²) in [5, 5.41) is 9.23. The van der Waals surface area contributed by atoms with Gasteiger partial charge in [-0.1, -0.05) is 31.9 Å². The fourth-order valence-corrected chi connectivity index (χ4v) is 1.55. The average molecular weight is 206 g/mol. The molecule has 1 N–H and O–H groups in total. The molecule has 15 heavy (non-hydrogen) atoms. The number of rotatable bonds is 6. The third-order valence-corrected chi connectivity index (χ3v) is 2.37. The molecule has 1 rings (SSSR count). The average Bonchev–Trinajstić information content (AvgIpc) is 2.18. The van der Waals surface area contributed by atoms with Crippen molar-refractivity contribution in [3.05, 3.63) is 29.8 Å². The molecule has 82 valence electrons. The number of hydrogen-bond acceptors (Lipinski definition) is 2. The molecule has 0 bridgehead atoms. The Labute approximate surface area is 90.9 Å². The van der Waals surface area contributed by atoms with Crippen LogP contribution in [0.25, 0.3) is 0 Å². The van der Waals surface area contributed by atoms with E-state index in [1.54, 1.807) is 18.2 Å². The fourth-order valence-electron chi connectivity index (χ4n) is 1.55. The topological polar surface area (TPSA) is 37.3 Å². The summed E-state index contributed by atoms with van der Waals surface area (Å²) in [5.74, 6) is 0.489. The Bertz CT molecular complexity index is 318. The molecule has 2 heteroatoms. The van der Waals surface area contributed by atoms with Gasteiger partial charge in [0.05, 0.1) is 0 Å². The van der Waals surface area contributed by atoms with Crippen molar-refractivity contribution in [3.8, 4) is 5.75 Å². The van der Waals surface area contributed by atoms with Gasteiger partial charge >= 0.3 is 0 Å². The van der Waals surface area contributed by atoms with Crippen LogP contribution in [0.4, 0.5) is 0 Å². The molecule has 0 fully saturated rings. The number of phenols is 1. The van der Waals surface area contributed by atoms with Crippen LogP contribution in [0.15, 0.2) is 24.3 Å². The van der Waals surface area contributed by atoms with Crippen LogP contribution in [0.3, 0.4) is 0 Å². The van der Waals surface area contributed by atoms with Gasteiger partial charge in [0, 0.05) is 12.8 Å². The number of ketones is 1. The smallest absolute Gasteiger partial charge is 0.137 e. The minimum Gasteiger partial charge on any atom is -0.508 e. The molecule has 0 saturated heterocycles. The number of carbonyl (C=O) groups is 1. The maximum absolute atomic E-state index is 11.5. The van der Waals surface area contributed by atoms with Crippen LogP contribution < -0.4 is 0 Å². The summed E-state index contributed by atoms with van der Waals surface area (Å²) in [6.07, 6.45) is 4.33. The Kier molecular flexibility index (Phi) is 4.88. The molecule has 0 heterocycles. The molecule has 0 aliphatic heterocycles. The minimum absolute atomic E-state index is 0.230. The monoisotopic (exact) mass is 206 g/mol. The van der Waals surface area contributed by atoms with Crippen molar-refractivity contribution < 1.29 is 9.90 Å². The summed E-state index contributed by atoms with van der Waals surface area (Å²) >= 11 is 0. The van der Waals surface area contributed by atoms with Crippen molar-refractivity contribution in [3.63, 3.8) is 0 Å². The van der Waals surface area contributed by atoms with Crippen LogP contribution >= 0.6 is 0 Å². The highest BCUT2D eigenvalue weighted by atomic mass is 16.3. The molecule has 1 aromatic carbocycles. The number of hydrogen-bond donors (Lipinski definition) is 1.